The van der Waals surface area contributed by atoms with Crippen molar-refractivity contribution in [2.45, 2.75) is 45.6 Å². The number of nitrogens with one attached hydrogen (secondary N) is 2. The number of aromatic amines is 1. The van der Waals surface area contributed by atoms with Crippen LogP contribution >= 0.6 is 0 Å². The quantitative estimate of drug-likeness (QED) is 0.277. The molecule has 40 heavy (non-hydrogen) atoms. The molecule has 1 amide bonds. The Kier molecular flexibility index (Phi) is 7.85. The van der Waals surface area contributed by atoms with Crippen molar-refractivity contribution in [3.05, 3.63) is 88.5 Å². The number of carbonyl (C=O) groups excluding carboxylic acids is 2. The number of aryl methyl sites for hydroxylation is 2. The summed E-state index contributed by atoms with van der Waals surface area (Å²) in [5, 5.41) is 3.81. The number of furan rings is 1. The molecule has 2 aromatic carbocycles. The summed E-state index contributed by atoms with van der Waals surface area (Å²) in [4.78, 5) is 31.5. The third-order valence-corrected chi connectivity index (χ3v) is 8.14. The number of anilines is 1. The highest BCUT2D eigenvalue weighted by atomic mass is 32.2. The zero-order valence-electron chi connectivity index (χ0n) is 23.1. The number of carbonyl (C=O) groups is 2. The Morgan fingerprint density at radius 3 is 2.50 bits per heavy atom. The van der Waals surface area contributed by atoms with Crippen LogP contribution in [0.5, 0.6) is 0 Å². The van der Waals surface area contributed by atoms with Crippen molar-refractivity contribution < 1.29 is 22.4 Å². The molecule has 1 fully saturated rings. The molecule has 1 atom stereocenters. The van der Waals surface area contributed by atoms with Gasteiger partial charge in [0.15, 0.2) is 15.6 Å². The molecule has 0 spiro atoms. The fraction of sp³-hybridized carbons (Fsp3) is 0.355. The maximum atomic E-state index is 13.5. The van der Waals surface area contributed by atoms with Crippen molar-refractivity contribution in [2.75, 3.05) is 30.0 Å². The molecular weight excluding hydrogens is 526 g/mol. The topological polar surface area (TPSA) is 112 Å². The standard InChI is InChI=1S/C31H35N3O5S/c1-20-7-10-23(27(15-20)34-13-5-4-6-14-34)31(29-12-8-21(2)39-29)33-30(36)17-22-9-11-26-24(16-22)25(18-32-26)28(35)19-40(3,37)38/h7-12,15-16,18,31-32H,4-6,13-14,17,19H2,1-3H3,(H,33,36). The number of hydrogen-bond acceptors (Lipinski definition) is 6. The molecule has 8 nitrogen and oxygen atoms in total. The summed E-state index contributed by atoms with van der Waals surface area (Å²) in [6.07, 6.45) is 6.15. The number of aromatic nitrogens is 1. The second-order valence-electron chi connectivity index (χ2n) is 10.8. The zero-order valence-corrected chi connectivity index (χ0v) is 23.9. The summed E-state index contributed by atoms with van der Waals surface area (Å²) in [5.74, 6) is 0.203. The van der Waals surface area contributed by atoms with E-state index in [-0.39, 0.29) is 12.3 Å². The molecule has 1 saturated heterocycles. The van der Waals surface area contributed by atoms with Gasteiger partial charge in [-0.3, -0.25) is 9.59 Å². The van der Waals surface area contributed by atoms with E-state index in [1.807, 2.05) is 25.1 Å². The van der Waals surface area contributed by atoms with Gasteiger partial charge in [-0.1, -0.05) is 18.2 Å². The molecule has 0 bridgehead atoms. The molecule has 0 saturated carbocycles. The lowest BCUT2D eigenvalue weighted by Gasteiger charge is -2.32. The van der Waals surface area contributed by atoms with Crippen LogP contribution in [0.3, 0.4) is 0 Å². The Bertz CT molecular complexity index is 1660. The SMILES string of the molecule is Cc1ccc(C(NC(=O)Cc2ccc3[nH]cc(C(=O)CS(C)(=O)=O)c3c2)c2ccc(C)o2)c(N2CCCCC2)c1. The van der Waals surface area contributed by atoms with Gasteiger partial charge in [-0.15, -0.1) is 0 Å². The van der Waals surface area contributed by atoms with Crippen LogP contribution in [0.2, 0.25) is 0 Å². The van der Waals surface area contributed by atoms with Crippen LogP contribution in [0.25, 0.3) is 10.9 Å². The fourth-order valence-electron chi connectivity index (χ4n) is 5.44. The predicted octanol–water partition coefficient (Wildman–Crippen LogP) is 5.04. The lowest BCUT2D eigenvalue weighted by Crippen LogP contribution is -2.34. The first-order valence-corrected chi connectivity index (χ1v) is 15.7. The molecule has 1 aliphatic rings. The average Bonchev–Trinajstić information content (AvgIpc) is 3.53. The van der Waals surface area contributed by atoms with Gasteiger partial charge >= 0.3 is 0 Å². The molecule has 2 N–H and O–H groups in total. The molecule has 2 aromatic heterocycles. The molecule has 5 rings (SSSR count). The van der Waals surface area contributed by atoms with Crippen LogP contribution in [0.15, 0.2) is 59.1 Å². The maximum absolute atomic E-state index is 13.5. The van der Waals surface area contributed by atoms with Gasteiger partial charge in [0, 0.05) is 53.3 Å². The van der Waals surface area contributed by atoms with Crippen LogP contribution in [0, 0.1) is 13.8 Å². The summed E-state index contributed by atoms with van der Waals surface area (Å²) >= 11 is 0. The van der Waals surface area contributed by atoms with Crippen LogP contribution in [-0.4, -0.2) is 50.2 Å². The minimum absolute atomic E-state index is 0.0852. The number of piperidine rings is 1. The second-order valence-corrected chi connectivity index (χ2v) is 13.0. The van der Waals surface area contributed by atoms with Crippen molar-refractivity contribution in [3.8, 4) is 0 Å². The van der Waals surface area contributed by atoms with Gasteiger partial charge in [0.2, 0.25) is 5.91 Å². The van der Waals surface area contributed by atoms with E-state index in [0.717, 1.165) is 54.8 Å². The minimum Gasteiger partial charge on any atom is -0.464 e. The van der Waals surface area contributed by atoms with E-state index in [2.05, 4.69) is 40.3 Å². The second kappa shape index (κ2) is 11.3. The highest BCUT2D eigenvalue weighted by molar-refractivity contribution is 7.91. The van der Waals surface area contributed by atoms with Gasteiger partial charge in [0.25, 0.3) is 0 Å². The monoisotopic (exact) mass is 561 g/mol. The van der Waals surface area contributed by atoms with Gasteiger partial charge in [0.1, 0.15) is 23.3 Å². The molecule has 0 aliphatic carbocycles. The number of nitrogens with zero attached hydrogens (tertiary/aromatic N) is 1. The van der Waals surface area contributed by atoms with Gasteiger partial charge in [0.05, 0.1) is 6.42 Å². The van der Waals surface area contributed by atoms with Crippen molar-refractivity contribution in [2.24, 2.45) is 0 Å². The zero-order chi connectivity index (χ0) is 28.4. The van der Waals surface area contributed by atoms with E-state index in [1.165, 1.54) is 12.6 Å². The Hall–Kier alpha value is -3.85. The first-order chi connectivity index (χ1) is 19.1. The van der Waals surface area contributed by atoms with Crippen LogP contribution in [0.4, 0.5) is 5.69 Å². The Morgan fingerprint density at radius 2 is 1.80 bits per heavy atom. The van der Waals surface area contributed by atoms with Crippen molar-refractivity contribution in [3.63, 3.8) is 0 Å². The smallest absolute Gasteiger partial charge is 0.225 e. The Morgan fingerprint density at radius 1 is 1.02 bits per heavy atom. The third kappa shape index (κ3) is 6.31. The number of H-pyrrole nitrogens is 1. The molecule has 9 heteroatoms. The number of fused-ring (bicyclic) bond motifs is 1. The number of sulfone groups is 1. The molecule has 210 valence electrons. The van der Waals surface area contributed by atoms with E-state index >= 15 is 0 Å². The first-order valence-electron chi connectivity index (χ1n) is 13.6. The van der Waals surface area contributed by atoms with E-state index in [1.54, 1.807) is 12.1 Å². The summed E-state index contributed by atoms with van der Waals surface area (Å²) in [6.45, 7) is 5.92. The lowest BCUT2D eigenvalue weighted by atomic mass is 9.97. The maximum Gasteiger partial charge on any atom is 0.225 e. The van der Waals surface area contributed by atoms with Gasteiger partial charge in [-0.25, -0.2) is 8.42 Å². The Labute approximate surface area is 234 Å². The number of ketones is 1. The van der Waals surface area contributed by atoms with Crippen molar-refractivity contribution >= 4 is 38.1 Å². The largest absolute Gasteiger partial charge is 0.464 e. The highest BCUT2D eigenvalue weighted by Gasteiger charge is 2.26. The lowest BCUT2D eigenvalue weighted by molar-refractivity contribution is -0.121. The summed E-state index contributed by atoms with van der Waals surface area (Å²) in [6, 6.07) is 15.1. The molecule has 1 unspecified atom stereocenters. The van der Waals surface area contributed by atoms with Gasteiger partial charge < -0.3 is 19.6 Å². The van der Waals surface area contributed by atoms with Crippen molar-refractivity contribution in [1.82, 2.24) is 10.3 Å². The normalized spacial score (nSPS) is 14.8. The van der Waals surface area contributed by atoms with E-state index in [9.17, 15) is 18.0 Å². The molecular formula is C31H35N3O5S. The number of Topliss-reactive ketones (excluding diaryl/α,β-unsaturated/α-hetero) is 1. The summed E-state index contributed by atoms with van der Waals surface area (Å²) in [7, 11) is -3.47. The highest BCUT2D eigenvalue weighted by Crippen LogP contribution is 2.34. The first kappa shape index (κ1) is 27.7. The van der Waals surface area contributed by atoms with Gasteiger partial charge in [-0.05, 0) is 74.6 Å². The predicted molar refractivity (Wildman–Crippen MR) is 157 cm³/mol. The fourth-order valence-corrected chi connectivity index (χ4v) is 6.07. The number of hydrogen-bond donors (Lipinski definition) is 2. The minimum atomic E-state index is -3.47. The van der Waals surface area contributed by atoms with Crippen LogP contribution < -0.4 is 10.2 Å². The van der Waals surface area contributed by atoms with Crippen LogP contribution in [0.1, 0.15) is 63.9 Å². The summed E-state index contributed by atoms with van der Waals surface area (Å²) in [5.41, 5.74) is 4.98. The molecule has 3 heterocycles. The van der Waals surface area contributed by atoms with Crippen LogP contribution in [-0.2, 0) is 21.1 Å². The molecule has 1 aliphatic heterocycles. The van der Waals surface area contributed by atoms with Gasteiger partial charge in [-0.2, -0.15) is 0 Å². The number of amides is 1. The van der Waals surface area contributed by atoms with E-state index in [0.29, 0.717) is 27.8 Å². The third-order valence-electron chi connectivity index (χ3n) is 7.35. The average molecular weight is 562 g/mol. The molecule has 4 aromatic rings. The number of rotatable bonds is 9. The number of benzene rings is 2. The van der Waals surface area contributed by atoms with Crippen molar-refractivity contribution in [1.29, 1.82) is 0 Å². The summed E-state index contributed by atoms with van der Waals surface area (Å²) < 4.78 is 29.4. The van der Waals surface area contributed by atoms with E-state index < -0.39 is 27.4 Å². The molecule has 0 radical (unpaired) electrons. The van der Waals surface area contributed by atoms with E-state index in [4.69, 9.17) is 4.42 Å². The Balaban J connectivity index is 1.43.